The number of rotatable bonds is 3. The minimum atomic E-state index is 0. The molecule has 0 saturated heterocycles. The molecular formula is C33H39N6Pt+. The predicted molar refractivity (Wildman–Crippen MR) is 164 cm³/mol. The molecule has 0 saturated carbocycles. The number of nitrogens with zero attached hydrogens (tertiary/aromatic N) is 6. The molecule has 1 aliphatic heterocycles. The van der Waals surface area contributed by atoms with E-state index in [1.165, 1.54) is 0 Å². The quantitative estimate of drug-likeness (QED) is 0.159. The molecule has 1 aliphatic rings. The molecule has 7 heteroatoms. The van der Waals surface area contributed by atoms with Gasteiger partial charge >= 0.3 is 21.1 Å². The minimum Gasteiger partial charge on any atom is -0.347 e. The van der Waals surface area contributed by atoms with E-state index in [1.807, 2.05) is 0 Å². The molecule has 2 aromatic carbocycles. The van der Waals surface area contributed by atoms with E-state index in [1.54, 1.807) is 0 Å². The van der Waals surface area contributed by atoms with Crippen molar-refractivity contribution in [3.63, 3.8) is 0 Å². The average molecular weight is 715 g/mol. The summed E-state index contributed by atoms with van der Waals surface area (Å²) in [6, 6.07) is 33.2. The monoisotopic (exact) mass is 714 g/mol. The van der Waals surface area contributed by atoms with Crippen LogP contribution in [0.15, 0.2) is 72.8 Å². The Kier molecular flexibility index (Phi) is 8.72. The van der Waals surface area contributed by atoms with Crippen molar-refractivity contribution in [3.8, 4) is 0 Å². The Labute approximate surface area is 254 Å². The minimum absolute atomic E-state index is 0. The van der Waals surface area contributed by atoms with Crippen molar-refractivity contribution in [2.75, 3.05) is 28.8 Å². The Morgan fingerprint density at radius 3 is 1.45 bits per heavy atom. The van der Waals surface area contributed by atoms with Gasteiger partial charge in [0, 0.05) is 29.9 Å². The van der Waals surface area contributed by atoms with E-state index >= 15 is 0 Å². The van der Waals surface area contributed by atoms with Crippen molar-refractivity contribution in [3.05, 3.63) is 84.9 Å². The van der Waals surface area contributed by atoms with Gasteiger partial charge in [0.05, 0.1) is 14.1 Å². The van der Waals surface area contributed by atoms with Gasteiger partial charge in [0.1, 0.15) is 17.5 Å². The van der Waals surface area contributed by atoms with E-state index in [2.05, 4.69) is 155 Å². The van der Waals surface area contributed by atoms with Crippen LogP contribution < -0.4 is 19.2 Å². The molecule has 5 rings (SSSR count). The Morgan fingerprint density at radius 2 is 0.950 bits per heavy atom. The number of aromatic nitrogens is 2. The summed E-state index contributed by atoms with van der Waals surface area (Å²) in [5, 5.41) is 0. The molecule has 8 bridgehead atoms. The predicted octanol–water partition coefficient (Wildman–Crippen LogP) is 7.93. The van der Waals surface area contributed by atoms with Crippen molar-refractivity contribution in [2.45, 2.75) is 59.7 Å². The second-order valence-electron chi connectivity index (χ2n) is 11.4. The fraction of sp³-hybridized carbons (Fsp3) is 0.333. The van der Waals surface area contributed by atoms with Gasteiger partial charge in [0.25, 0.3) is 0 Å². The third kappa shape index (κ3) is 5.52. The van der Waals surface area contributed by atoms with Crippen LogP contribution in [-0.4, -0.2) is 42.2 Å². The Balaban J connectivity index is 0.00000370. The second kappa shape index (κ2) is 11.7. The molecule has 40 heavy (non-hydrogen) atoms. The number of hydrogen-bond donors (Lipinski definition) is 0. The molecule has 0 fully saturated rings. The summed E-state index contributed by atoms with van der Waals surface area (Å²) < 4.78 is 0.456. The third-order valence-electron chi connectivity index (χ3n) is 7.21. The molecule has 2 aromatic heterocycles. The van der Waals surface area contributed by atoms with Crippen LogP contribution >= 0.6 is 0 Å². The van der Waals surface area contributed by atoms with Gasteiger partial charge in [-0.1, -0.05) is 35.3 Å². The molecule has 4 aromatic rings. The van der Waals surface area contributed by atoms with E-state index in [9.17, 15) is 0 Å². The molecule has 3 heterocycles. The first-order valence-electron chi connectivity index (χ1n) is 13.8. The smallest absolute Gasteiger partial charge is 0.347 e. The van der Waals surface area contributed by atoms with E-state index in [0.29, 0.717) is 4.48 Å². The van der Waals surface area contributed by atoms with Crippen molar-refractivity contribution < 1.29 is 21.1 Å². The first-order chi connectivity index (χ1) is 18.6. The summed E-state index contributed by atoms with van der Waals surface area (Å²) in [5.74, 6) is 3.61. The van der Waals surface area contributed by atoms with E-state index in [0.717, 1.165) is 46.0 Å². The molecule has 0 N–H and O–H groups in total. The molecule has 0 unspecified atom stereocenters. The largest absolute Gasteiger partial charge is 2.00 e. The van der Waals surface area contributed by atoms with Crippen molar-refractivity contribution in [1.82, 2.24) is 14.5 Å². The first-order valence-corrected chi connectivity index (χ1v) is 13.8. The molecule has 0 aliphatic carbocycles. The first kappa shape index (κ1) is 29.8. The van der Waals surface area contributed by atoms with Gasteiger partial charge < -0.3 is 14.7 Å². The van der Waals surface area contributed by atoms with Crippen LogP contribution in [0.5, 0.6) is 0 Å². The van der Waals surface area contributed by atoms with Crippen LogP contribution in [0.3, 0.4) is 0 Å². The molecule has 0 spiro atoms. The summed E-state index contributed by atoms with van der Waals surface area (Å²) in [5.41, 5.74) is 3.96. The SMILES string of the molecule is CC(C)N1c2[c-]c(ccc2)N(C(C)C)c2cccc(n2)[N+](C)(C)c2[c-]c(ccc2)N(C(C)C)c2cccc1n2.[Pt+2]. The number of pyridine rings is 2. The maximum atomic E-state index is 5.21. The molecule has 210 valence electrons. The van der Waals surface area contributed by atoms with Crippen LogP contribution in [0.2, 0.25) is 0 Å². The van der Waals surface area contributed by atoms with Crippen LogP contribution in [0.25, 0.3) is 0 Å². The van der Waals surface area contributed by atoms with E-state index in [4.69, 9.17) is 9.97 Å². The number of fused-ring (bicyclic) bond motifs is 8. The van der Waals surface area contributed by atoms with Crippen LogP contribution in [0.4, 0.5) is 46.0 Å². The molecule has 6 nitrogen and oxygen atoms in total. The van der Waals surface area contributed by atoms with E-state index < -0.39 is 0 Å². The van der Waals surface area contributed by atoms with Crippen molar-refractivity contribution in [1.29, 1.82) is 0 Å². The van der Waals surface area contributed by atoms with Crippen LogP contribution in [0.1, 0.15) is 41.5 Å². The molecule has 0 radical (unpaired) electrons. The van der Waals surface area contributed by atoms with Crippen molar-refractivity contribution >= 4 is 46.0 Å². The fourth-order valence-corrected chi connectivity index (χ4v) is 5.30. The zero-order valence-corrected chi connectivity index (χ0v) is 26.9. The van der Waals surface area contributed by atoms with Crippen molar-refractivity contribution in [2.24, 2.45) is 0 Å². The summed E-state index contributed by atoms with van der Waals surface area (Å²) in [6.07, 6.45) is 0. The summed E-state index contributed by atoms with van der Waals surface area (Å²) >= 11 is 0. The maximum absolute atomic E-state index is 5.21. The van der Waals surface area contributed by atoms with Gasteiger partial charge in [-0.2, -0.15) is 17.1 Å². The third-order valence-corrected chi connectivity index (χ3v) is 7.21. The number of anilines is 6. The summed E-state index contributed by atoms with van der Waals surface area (Å²) in [4.78, 5) is 17.2. The normalized spacial score (nSPS) is 14.5. The van der Waals surface area contributed by atoms with Gasteiger partial charge in [-0.3, -0.25) is 4.48 Å². The topological polar surface area (TPSA) is 35.5 Å². The maximum Gasteiger partial charge on any atom is 2.00 e. The standard InChI is InChI=1S/C33H39N6.Pt/c1-23(2)36-26-13-9-14-27(21-26)37(24(3)4)32-19-12-20-33(35-32)39(7,8)29-16-10-15-28(22-29)38(25(5)6)31-18-11-17-30(36)34-31;/h9-20,23-25H,1-8H3;/q-1;+2. The second-order valence-corrected chi connectivity index (χ2v) is 11.4. The van der Waals surface area contributed by atoms with Gasteiger partial charge in [0.2, 0.25) is 5.82 Å². The number of hydrogen-bond acceptors (Lipinski definition) is 5. The molecular weight excluding hydrogens is 675 g/mol. The molecule has 0 amide bonds. The van der Waals surface area contributed by atoms with Gasteiger partial charge in [-0.15, -0.1) is 30.3 Å². The van der Waals surface area contributed by atoms with Gasteiger partial charge in [-0.05, 0) is 59.7 Å². The van der Waals surface area contributed by atoms with Gasteiger partial charge in [-0.25, -0.2) is 4.98 Å². The Bertz CT molecular complexity index is 1360. The van der Waals surface area contributed by atoms with Crippen LogP contribution in [0, 0.1) is 12.1 Å². The Hall–Kier alpha value is -3.21. The number of benzene rings is 2. The zero-order valence-electron chi connectivity index (χ0n) is 24.7. The van der Waals surface area contributed by atoms with Gasteiger partial charge in [0.15, 0.2) is 0 Å². The average Bonchev–Trinajstić information content (AvgIpc) is 2.89. The number of quaternary nitrogens is 1. The van der Waals surface area contributed by atoms with Crippen LogP contribution in [-0.2, 0) is 21.1 Å². The fourth-order valence-electron chi connectivity index (χ4n) is 5.30. The zero-order chi connectivity index (χ0) is 27.9. The van der Waals surface area contributed by atoms with E-state index in [-0.39, 0.29) is 39.2 Å². The Morgan fingerprint density at radius 1 is 0.550 bits per heavy atom. The summed E-state index contributed by atoms with van der Waals surface area (Å²) in [6.45, 7) is 13.1. The molecule has 0 atom stereocenters. The summed E-state index contributed by atoms with van der Waals surface area (Å²) in [7, 11) is 4.33.